The SMILES string of the molecule is CCNC(=NCc1ccc(N2CCC(CO)CC2)cc1)NCC1(C)CCCO1.I. The van der Waals surface area contributed by atoms with Crippen LogP contribution in [0.4, 0.5) is 5.69 Å². The molecule has 2 fully saturated rings. The van der Waals surface area contributed by atoms with Gasteiger partial charge >= 0.3 is 0 Å². The third-order valence-electron chi connectivity index (χ3n) is 5.87. The molecule has 7 heteroatoms. The van der Waals surface area contributed by atoms with Gasteiger partial charge in [-0.25, -0.2) is 4.99 Å². The predicted molar refractivity (Wildman–Crippen MR) is 130 cm³/mol. The molecule has 2 aliphatic rings. The maximum atomic E-state index is 9.29. The van der Waals surface area contributed by atoms with E-state index in [0.717, 1.165) is 64.4 Å². The Bertz CT molecular complexity index is 624. The van der Waals surface area contributed by atoms with Gasteiger partial charge in [0.1, 0.15) is 0 Å². The van der Waals surface area contributed by atoms with E-state index in [-0.39, 0.29) is 29.6 Å². The lowest BCUT2D eigenvalue weighted by Crippen LogP contribution is -2.45. The van der Waals surface area contributed by atoms with Crippen molar-refractivity contribution < 1.29 is 9.84 Å². The molecule has 1 unspecified atom stereocenters. The molecule has 1 aromatic rings. The van der Waals surface area contributed by atoms with Crippen molar-refractivity contribution in [1.82, 2.24) is 10.6 Å². The Hall–Kier alpha value is -1.06. The number of nitrogens with one attached hydrogen (secondary N) is 2. The van der Waals surface area contributed by atoms with Crippen molar-refractivity contribution in [2.75, 3.05) is 44.3 Å². The number of ether oxygens (including phenoxy) is 1. The molecular formula is C22H37IN4O2. The Labute approximate surface area is 192 Å². The van der Waals surface area contributed by atoms with E-state index in [0.29, 0.717) is 19.1 Å². The number of aliphatic hydroxyl groups is 1. The van der Waals surface area contributed by atoms with Crippen molar-refractivity contribution in [3.8, 4) is 0 Å². The first-order valence-corrected chi connectivity index (χ1v) is 10.7. The first-order valence-electron chi connectivity index (χ1n) is 10.7. The minimum atomic E-state index is -0.0820. The fourth-order valence-electron chi connectivity index (χ4n) is 3.94. The van der Waals surface area contributed by atoms with E-state index < -0.39 is 0 Å². The van der Waals surface area contributed by atoms with Crippen molar-refractivity contribution >= 4 is 35.6 Å². The summed E-state index contributed by atoms with van der Waals surface area (Å²) in [6, 6.07) is 8.72. The summed E-state index contributed by atoms with van der Waals surface area (Å²) in [4.78, 5) is 7.15. The Balaban J connectivity index is 0.00000300. The zero-order valence-corrected chi connectivity index (χ0v) is 20.2. The molecule has 1 aromatic carbocycles. The number of piperidine rings is 1. The Morgan fingerprint density at radius 3 is 2.55 bits per heavy atom. The van der Waals surface area contributed by atoms with E-state index in [1.807, 2.05) is 0 Å². The summed E-state index contributed by atoms with van der Waals surface area (Å²) in [6.45, 7) is 9.75. The zero-order chi connectivity index (χ0) is 19.8. The van der Waals surface area contributed by atoms with E-state index in [2.05, 4.69) is 53.6 Å². The predicted octanol–water partition coefficient (Wildman–Crippen LogP) is 3.14. The lowest BCUT2D eigenvalue weighted by molar-refractivity contribution is 0.0243. The summed E-state index contributed by atoms with van der Waals surface area (Å²) in [5.41, 5.74) is 2.39. The standard InChI is InChI=1S/C22H36N4O2.HI/c1-3-23-21(25-17-22(2)11-4-14-28-22)24-15-18-5-7-20(8-6-18)26-12-9-19(16-27)10-13-26;/h5-8,19,27H,3-4,9-17H2,1-2H3,(H2,23,24,25);1H. The van der Waals surface area contributed by atoms with Gasteiger partial charge < -0.3 is 25.4 Å². The Morgan fingerprint density at radius 1 is 1.24 bits per heavy atom. The lowest BCUT2D eigenvalue weighted by atomic mass is 9.97. The number of halogens is 1. The molecule has 0 aliphatic carbocycles. The van der Waals surface area contributed by atoms with Crippen LogP contribution in [0.2, 0.25) is 0 Å². The van der Waals surface area contributed by atoms with E-state index in [4.69, 9.17) is 9.73 Å². The van der Waals surface area contributed by atoms with E-state index in [1.165, 1.54) is 11.3 Å². The molecular weight excluding hydrogens is 479 g/mol. The Morgan fingerprint density at radius 2 is 1.97 bits per heavy atom. The number of aliphatic imine (C=N–C) groups is 1. The monoisotopic (exact) mass is 516 g/mol. The third-order valence-corrected chi connectivity index (χ3v) is 5.87. The number of hydrogen-bond acceptors (Lipinski definition) is 4. The van der Waals surface area contributed by atoms with Gasteiger partial charge in [0.05, 0.1) is 12.1 Å². The quantitative estimate of drug-likeness (QED) is 0.295. The van der Waals surface area contributed by atoms with Gasteiger partial charge in [-0.1, -0.05) is 12.1 Å². The second kappa shape index (κ2) is 12.0. The third kappa shape index (κ3) is 7.29. The molecule has 0 aromatic heterocycles. The highest BCUT2D eigenvalue weighted by molar-refractivity contribution is 14.0. The van der Waals surface area contributed by atoms with E-state index in [1.54, 1.807) is 0 Å². The van der Waals surface area contributed by atoms with E-state index >= 15 is 0 Å². The highest BCUT2D eigenvalue weighted by Gasteiger charge is 2.29. The average Bonchev–Trinajstić information content (AvgIpc) is 3.17. The summed E-state index contributed by atoms with van der Waals surface area (Å²) >= 11 is 0. The molecule has 3 rings (SSSR count). The summed E-state index contributed by atoms with van der Waals surface area (Å²) in [6.07, 6.45) is 4.37. The summed E-state index contributed by atoms with van der Waals surface area (Å²) in [7, 11) is 0. The largest absolute Gasteiger partial charge is 0.396 e. The first kappa shape index (κ1) is 24.2. The van der Waals surface area contributed by atoms with Crippen molar-refractivity contribution in [3.63, 3.8) is 0 Å². The van der Waals surface area contributed by atoms with Crippen molar-refractivity contribution in [1.29, 1.82) is 0 Å². The molecule has 0 saturated carbocycles. The summed E-state index contributed by atoms with van der Waals surface area (Å²) in [5.74, 6) is 1.31. The van der Waals surface area contributed by atoms with Crippen LogP contribution in [0.1, 0.15) is 45.1 Å². The topological polar surface area (TPSA) is 69.1 Å². The van der Waals surface area contributed by atoms with Crippen molar-refractivity contribution in [3.05, 3.63) is 29.8 Å². The van der Waals surface area contributed by atoms with Crippen molar-refractivity contribution in [2.45, 2.75) is 51.7 Å². The number of anilines is 1. The van der Waals surface area contributed by atoms with Crippen LogP contribution in [0.3, 0.4) is 0 Å². The van der Waals surface area contributed by atoms with Crippen LogP contribution in [0.5, 0.6) is 0 Å². The molecule has 0 bridgehead atoms. The number of nitrogens with zero attached hydrogens (tertiary/aromatic N) is 2. The number of guanidine groups is 1. The number of hydrogen-bond donors (Lipinski definition) is 3. The zero-order valence-electron chi connectivity index (χ0n) is 17.8. The molecule has 2 heterocycles. The van der Waals surface area contributed by atoms with Crippen molar-refractivity contribution in [2.24, 2.45) is 10.9 Å². The Kier molecular flexibility index (Phi) is 9.98. The molecule has 2 saturated heterocycles. The number of aliphatic hydroxyl groups excluding tert-OH is 1. The molecule has 0 spiro atoms. The van der Waals surface area contributed by atoms with Gasteiger partial charge in [-0.2, -0.15) is 0 Å². The molecule has 0 amide bonds. The summed E-state index contributed by atoms with van der Waals surface area (Å²) in [5, 5.41) is 16.0. The molecule has 164 valence electrons. The second-order valence-electron chi connectivity index (χ2n) is 8.23. The van der Waals surface area contributed by atoms with Gasteiger partial charge in [0.2, 0.25) is 0 Å². The van der Waals surface area contributed by atoms with Crippen LogP contribution < -0.4 is 15.5 Å². The minimum absolute atomic E-state index is 0. The molecule has 6 nitrogen and oxygen atoms in total. The van der Waals surface area contributed by atoms with Crippen LogP contribution in [0, 0.1) is 5.92 Å². The fourth-order valence-corrected chi connectivity index (χ4v) is 3.94. The number of benzene rings is 1. The minimum Gasteiger partial charge on any atom is -0.396 e. The molecule has 1 atom stereocenters. The van der Waals surface area contributed by atoms with Gasteiger partial charge in [-0.3, -0.25) is 0 Å². The molecule has 29 heavy (non-hydrogen) atoms. The maximum Gasteiger partial charge on any atom is 0.191 e. The normalized spacial score (nSPS) is 23.0. The van der Waals surface area contributed by atoms with Gasteiger partial charge in [-0.15, -0.1) is 24.0 Å². The molecule has 3 N–H and O–H groups in total. The first-order chi connectivity index (χ1) is 13.6. The second-order valence-corrected chi connectivity index (χ2v) is 8.23. The van der Waals surface area contributed by atoms with Crippen LogP contribution in [-0.2, 0) is 11.3 Å². The fraction of sp³-hybridized carbons (Fsp3) is 0.682. The van der Waals surface area contributed by atoms with Crippen LogP contribution in [0.25, 0.3) is 0 Å². The lowest BCUT2D eigenvalue weighted by Gasteiger charge is -2.32. The molecule has 2 aliphatic heterocycles. The summed E-state index contributed by atoms with van der Waals surface area (Å²) < 4.78 is 5.85. The highest BCUT2D eigenvalue weighted by atomic mass is 127. The number of rotatable bonds is 7. The van der Waals surface area contributed by atoms with Crippen LogP contribution in [0.15, 0.2) is 29.3 Å². The van der Waals surface area contributed by atoms with Gasteiger partial charge in [-0.05, 0) is 63.1 Å². The average molecular weight is 516 g/mol. The van der Waals surface area contributed by atoms with Gasteiger partial charge in [0.25, 0.3) is 0 Å². The van der Waals surface area contributed by atoms with Gasteiger partial charge in [0, 0.05) is 45.1 Å². The van der Waals surface area contributed by atoms with Crippen LogP contribution >= 0.6 is 24.0 Å². The van der Waals surface area contributed by atoms with Gasteiger partial charge in [0.15, 0.2) is 5.96 Å². The van der Waals surface area contributed by atoms with Crippen LogP contribution in [-0.4, -0.2) is 56.1 Å². The van der Waals surface area contributed by atoms with E-state index in [9.17, 15) is 5.11 Å². The highest BCUT2D eigenvalue weighted by Crippen LogP contribution is 2.24. The maximum absolute atomic E-state index is 9.29. The smallest absolute Gasteiger partial charge is 0.191 e. The molecule has 0 radical (unpaired) electrons.